The van der Waals surface area contributed by atoms with Crippen LogP contribution in [0, 0.1) is 63.7 Å². The number of rotatable bonds is 1. The van der Waals surface area contributed by atoms with Gasteiger partial charge in [0.05, 0.1) is 0 Å². The molecular formula is C12H12FeO+2. The molecule has 0 atom stereocenters. The fraction of sp³-hybridized carbons (Fsp3) is 0.0833. The molecule has 0 unspecified atom stereocenters. The summed E-state index contributed by atoms with van der Waals surface area (Å²) in [7, 11) is 0. The zero-order valence-corrected chi connectivity index (χ0v) is 9.06. The summed E-state index contributed by atoms with van der Waals surface area (Å²) < 4.78 is 0. The number of Topliss-reactive ketones (excluding diaryl/α,β-unsaturated/α-hetero) is 1. The van der Waals surface area contributed by atoms with Crippen LogP contribution >= 0.6 is 0 Å². The average molecular weight is 228 g/mol. The van der Waals surface area contributed by atoms with Crippen molar-refractivity contribution in [1.82, 2.24) is 0 Å². The van der Waals surface area contributed by atoms with Crippen molar-refractivity contribution in [3.05, 3.63) is 63.7 Å². The molecule has 0 aromatic heterocycles. The first-order chi connectivity index (χ1) is 6.30. The second-order valence-electron chi connectivity index (χ2n) is 2.69. The van der Waals surface area contributed by atoms with Crippen molar-refractivity contribution in [1.29, 1.82) is 0 Å². The second kappa shape index (κ2) is 8.49. The van der Waals surface area contributed by atoms with Crippen molar-refractivity contribution >= 4 is 5.78 Å². The van der Waals surface area contributed by atoms with Crippen LogP contribution in [-0.4, -0.2) is 5.78 Å². The predicted octanol–water partition coefficient (Wildman–Crippen LogP) is 2.00. The molecule has 0 amide bonds. The number of hydrogen-bond acceptors (Lipinski definition) is 1. The maximum Gasteiger partial charge on any atom is 2.00 e. The van der Waals surface area contributed by atoms with Gasteiger partial charge in [-0.05, 0) is 64.7 Å². The van der Waals surface area contributed by atoms with Gasteiger partial charge in [0.1, 0.15) is 5.78 Å². The summed E-state index contributed by atoms with van der Waals surface area (Å²) >= 11 is 0. The van der Waals surface area contributed by atoms with Crippen LogP contribution in [0.25, 0.3) is 0 Å². The normalized spacial score (nSPS) is 20.9. The Hall–Kier alpha value is 0.189. The van der Waals surface area contributed by atoms with Crippen LogP contribution in [-0.2, 0) is 21.9 Å². The molecule has 0 heterocycles. The zero-order valence-electron chi connectivity index (χ0n) is 7.96. The Balaban J connectivity index is 0.000000246. The fourth-order valence-corrected chi connectivity index (χ4v) is 0.929. The molecule has 0 saturated heterocycles. The molecule has 0 spiro atoms. The molecule has 0 aliphatic heterocycles. The summed E-state index contributed by atoms with van der Waals surface area (Å²) in [5.41, 5.74) is 0. The monoisotopic (exact) mass is 228 g/mol. The van der Waals surface area contributed by atoms with E-state index in [-0.39, 0.29) is 22.9 Å². The van der Waals surface area contributed by atoms with Crippen LogP contribution in [0.3, 0.4) is 0 Å². The molecule has 2 heteroatoms. The molecule has 2 rings (SSSR count). The summed E-state index contributed by atoms with van der Waals surface area (Å²) in [4.78, 5) is 10.5. The van der Waals surface area contributed by atoms with Crippen molar-refractivity contribution in [3.63, 3.8) is 0 Å². The third-order valence-corrected chi connectivity index (χ3v) is 1.62. The van der Waals surface area contributed by atoms with E-state index in [1.54, 1.807) is 6.92 Å². The molecule has 0 N–H and O–H groups in total. The molecule has 2 fully saturated rings. The first-order valence-corrected chi connectivity index (χ1v) is 4.20. The van der Waals surface area contributed by atoms with E-state index >= 15 is 0 Å². The van der Waals surface area contributed by atoms with Gasteiger partial charge in [-0.3, -0.25) is 4.79 Å². The van der Waals surface area contributed by atoms with E-state index in [9.17, 15) is 4.79 Å². The van der Waals surface area contributed by atoms with Gasteiger partial charge in [-0.25, -0.2) is 0 Å². The third kappa shape index (κ3) is 5.82. The first kappa shape index (κ1) is 14.2. The Labute approximate surface area is 98.5 Å². The quantitative estimate of drug-likeness (QED) is 0.627. The van der Waals surface area contributed by atoms with E-state index in [4.69, 9.17) is 0 Å². The van der Waals surface area contributed by atoms with E-state index in [1.807, 2.05) is 57.8 Å². The number of hydrogen-bond donors (Lipinski definition) is 0. The van der Waals surface area contributed by atoms with Gasteiger partial charge in [-0.1, -0.05) is 0 Å². The maximum atomic E-state index is 10.5. The fourth-order valence-electron chi connectivity index (χ4n) is 0.929. The second-order valence-corrected chi connectivity index (χ2v) is 2.69. The summed E-state index contributed by atoms with van der Waals surface area (Å²) in [6, 6.07) is 0. The van der Waals surface area contributed by atoms with Crippen molar-refractivity contribution in [2.45, 2.75) is 6.92 Å². The van der Waals surface area contributed by atoms with Crippen LogP contribution in [0.4, 0.5) is 0 Å². The van der Waals surface area contributed by atoms with Crippen LogP contribution < -0.4 is 0 Å². The average Bonchev–Trinajstić information content (AvgIpc) is 2.82. The Kier molecular flexibility index (Phi) is 8.61. The van der Waals surface area contributed by atoms with E-state index in [0.29, 0.717) is 0 Å². The topological polar surface area (TPSA) is 17.1 Å². The Morgan fingerprint density at radius 3 is 1.43 bits per heavy atom. The molecule has 2 saturated carbocycles. The molecule has 72 valence electrons. The van der Waals surface area contributed by atoms with Crippen molar-refractivity contribution in [2.24, 2.45) is 0 Å². The Morgan fingerprint density at radius 2 is 1.21 bits per heavy atom. The molecular weight excluding hydrogens is 216 g/mol. The van der Waals surface area contributed by atoms with Gasteiger partial charge in [0, 0.05) is 5.92 Å². The standard InChI is InChI=1S/C7H7O.C5H5.Fe/c1-6(8)7-4-2-3-5-7;1-2-4-5-3-1;/h2-5H,1H3;1-5H;/q;;+2. The number of ketones is 1. The van der Waals surface area contributed by atoms with Crippen molar-refractivity contribution < 1.29 is 21.9 Å². The zero-order chi connectivity index (χ0) is 9.52. The first-order valence-electron chi connectivity index (χ1n) is 4.20. The maximum absolute atomic E-state index is 10.5. The van der Waals surface area contributed by atoms with E-state index in [2.05, 4.69) is 0 Å². The van der Waals surface area contributed by atoms with Gasteiger partial charge in [0.2, 0.25) is 0 Å². The van der Waals surface area contributed by atoms with Crippen LogP contribution in [0.2, 0.25) is 0 Å². The van der Waals surface area contributed by atoms with E-state index in [1.165, 1.54) is 0 Å². The molecule has 0 bridgehead atoms. The van der Waals surface area contributed by atoms with Crippen molar-refractivity contribution in [2.75, 3.05) is 0 Å². The minimum atomic E-state index is 0. The van der Waals surface area contributed by atoms with E-state index < -0.39 is 0 Å². The summed E-state index contributed by atoms with van der Waals surface area (Å²) in [6.07, 6.45) is 17.3. The largest absolute Gasteiger partial charge is 2.00 e. The van der Waals surface area contributed by atoms with Gasteiger partial charge >= 0.3 is 17.1 Å². The summed E-state index contributed by atoms with van der Waals surface area (Å²) in [5, 5.41) is 0. The van der Waals surface area contributed by atoms with Gasteiger partial charge in [-0.2, -0.15) is 0 Å². The Morgan fingerprint density at radius 1 is 0.857 bits per heavy atom. The predicted molar refractivity (Wildman–Crippen MR) is 52.6 cm³/mol. The molecule has 2 aliphatic carbocycles. The van der Waals surface area contributed by atoms with Gasteiger partial charge < -0.3 is 0 Å². The van der Waals surface area contributed by atoms with Crippen LogP contribution in [0.5, 0.6) is 0 Å². The minimum Gasteiger partial charge on any atom is -0.299 e. The third-order valence-electron chi connectivity index (χ3n) is 1.62. The van der Waals surface area contributed by atoms with Crippen LogP contribution in [0.15, 0.2) is 0 Å². The molecule has 2 aliphatic rings. The minimum absolute atomic E-state index is 0. The van der Waals surface area contributed by atoms with E-state index in [0.717, 1.165) is 5.92 Å². The SMILES string of the molecule is CC(=O)[C]1[CH][CH][CH][CH]1.[CH]1[CH][CH][CH][CH]1.[Fe+2]. The summed E-state index contributed by atoms with van der Waals surface area (Å²) in [5.74, 6) is 0.931. The molecule has 0 aromatic rings. The number of carbonyl (C=O) groups excluding carboxylic acids is 1. The molecule has 10 radical (unpaired) electrons. The molecule has 1 nitrogen and oxygen atoms in total. The molecule has 0 aromatic carbocycles. The molecule has 14 heavy (non-hydrogen) atoms. The Bertz CT molecular complexity index is 139. The number of carbonyl (C=O) groups is 1. The van der Waals surface area contributed by atoms with Crippen molar-refractivity contribution in [3.8, 4) is 0 Å². The van der Waals surface area contributed by atoms with Gasteiger partial charge in [0.15, 0.2) is 0 Å². The smallest absolute Gasteiger partial charge is 0.299 e. The van der Waals surface area contributed by atoms with Crippen LogP contribution in [0.1, 0.15) is 6.92 Å². The van der Waals surface area contributed by atoms with Gasteiger partial charge in [0.25, 0.3) is 0 Å². The van der Waals surface area contributed by atoms with Gasteiger partial charge in [-0.15, -0.1) is 0 Å². The summed E-state index contributed by atoms with van der Waals surface area (Å²) in [6.45, 7) is 1.56.